The van der Waals surface area contributed by atoms with Crippen LogP contribution in [-0.4, -0.2) is 9.52 Å². The van der Waals surface area contributed by atoms with Gasteiger partial charge in [-0.25, -0.2) is 0 Å². The van der Waals surface area contributed by atoms with Crippen LogP contribution in [0, 0.1) is 27.7 Å². The number of hydrogen-bond acceptors (Lipinski definition) is 0. The number of allylic oxidation sites excluding steroid dienone is 2. The second kappa shape index (κ2) is 17.0. The minimum absolute atomic E-state index is 0.138. The molecule has 8 aromatic carbocycles. The van der Waals surface area contributed by atoms with Gasteiger partial charge in [-0.1, -0.05) is 0 Å². The molecule has 0 radical (unpaired) electrons. The summed E-state index contributed by atoms with van der Waals surface area (Å²) in [4.78, 5) is 0. The van der Waals surface area contributed by atoms with Gasteiger partial charge >= 0.3 is 431 Å². The van der Waals surface area contributed by atoms with E-state index in [9.17, 15) is 17.0 Å². The van der Waals surface area contributed by atoms with Crippen molar-refractivity contribution >= 4 is 63.5 Å². The monoisotopic (exact) mass is 1040 g/mol. The Kier molecular flexibility index (Phi) is 11.5. The number of benzene rings is 8. The molecule has 0 saturated heterocycles. The second-order valence-electron chi connectivity index (χ2n) is 22.9. The first kappa shape index (κ1) is 47.3. The molecule has 1 aliphatic heterocycles. The molecule has 2 atom stereocenters. The van der Waals surface area contributed by atoms with Gasteiger partial charge in [0.15, 0.2) is 0 Å². The zero-order valence-electron chi connectivity index (χ0n) is 42.4. The van der Waals surface area contributed by atoms with Crippen molar-refractivity contribution in [1.29, 1.82) is 0 Å². The fraction of sp³-hybridized carbons (Fsp3) is 0.212. The molecule has 2 aliphatic carbocycles. The molecule has 3 aliphatic rings. The molecular formula is C66H63Cl2SiZr. The van der Waals surface area contributed by atoms with E-state index < -0.39 is 25.9 Å². The normalized spacial score (nSPS) is 17.1. The third-order valence-electron chi connectivity index (χ3n) is 15.7. The second-order valence-corrected chi connectivity index (χ2v) is 45.3. The molecule has 4 heteroatoms. The van der Waals surface area contributed by atoms with E-state index in [0.717, 1.165) is 0 Å². The van der Waals surface area contributed by atoms with Crippen molar-refractivity contribution in [2.75, 3.05) is 0 Å². The van der Waals surface area contributed by atoms with Crippen LogP contribution in [-0.2, 0) is 27.2 Å². The van der Waals surface area contributed by atoms with E-state index in [4.69, 9.17) is 0 Å². The molecule has 1 heterocycles. The number of halogens is 2. The molecule has 0 aromatic heterocycles. The Morgan fingerprint density at radius 3 is 1.29 bits per heavy atom. The maximum absolute atomic E-state index is 9.78. The molecule has 0 spiro atoms. The van der Waals surface area contributed by atoms with Crippen molar-refractivity contribution in [3.05, 3.63) is 231 Å². The van der Waals surface area contributed by atoms with Crippen molar-refractivity contribution in [1.82, 2.24) is 0 Å². The van der Waals surface area contributed by atoms with Gasteiger partial charge in [-0.3, -0.25) is 0 Å². The van der Waals surface area contributed by atoms with E-state index in [-0.39, 0.29) is 18.1 Å². The number of aryl methyl sites for hydroxylation is 4. The first-order valence-corrected chi connectivity index (χ1v) is 37.0. The average Bonchev–Trinajstić information content (AvgIpc) is 4.03. The standard InChI is InChI=1S/2C27H27.C12H9Si.2ClH.Zr/c2*1-18-13-19(2)15-23(14-18)26-24-17-22(20-9-7-6-8-10-20)16-21(24)11-12-25(26)27(3,4)5;1-3-7-11-9(5-1)10-6-2-4-8-12(10)13-11;;;/h2*6-17H,1-5H3;1-7H,13H2;2*1H;/q;;;;;+2/p-2. The summed E-state index contributed by atoms with van der Waals surface area (Å²) >= 11 is -6.09. The summed E-state index contributed by atoms with van der Waals surface area (Å²) in [6.07, 6.45) is 5.05. The molecule has 0 saturated carbocycles. The molecule has 2 unspecified atom stereocenters. The zero-order chi connectivity index (χ0) is 49.1. The summed E-state index contributed by atoms with van der Waals surface area (Å²) in [5.74, 6) is 0. The molecule has 8 aromatic rings. The van der Waals surface area contributed by atoms with Gasteiger partial charge in [0, 0.05) is 0 Å². The van der Waals surface area contributed by atoms with Crippen molar-refractivity contribution in [3.63, 3.8) is 0 Å². The fourth-order valence-electron chi connectivity index (χ4n) is 13.0. The van der Waals surface area contributed by atoms with Crippen molar-refractivity contribution in [2.24, 2.45) is 0 Å². The molecule has 0 fully saturated rings. The Labute approximate surface area is 427 Å². The van der Waals surface area contributed by atoms with Crippen LogP contribution in [0.5, 0.6) is 0 Å². The van der Waals surface area contributed by atoms with Crippen LogP contribution in [0.4, 0.5) is 0 Å². The Morgan fingerprint density at radius 2 is 0.843 bits per heavy atom. The van der Waals surface area contributed by atoms with Crippen LogP contribution in [0.1, 0.15) is 116 Å². The Hall–Kier alpha value is -5.08. The Morgan fingerprint density at radius 1 is 0.429 bits per heavy atom. The summed E-state index contributed by atoms with van der Waals surface area (Å²) in [5.41, 5.74) is 24.9. The van der Waals surface area contributed by atoms with E-state index in [1.165, 1.54) is 125 Å². The predicted molar refractivity (Wildman–Crippen MR) is 305 cm³/mol. The predicted octanol–water partition coefficient (Wildman–Crippen LogP) is 16.2. The van der Waals surface area contributed by atoms with Crippen molar-refractivity contribution in [3.8, 4) is 33.4 Å². The summed E-state index contributed by atoms with van der Waals surface area (Å²) in [6.45, 7) is 23.0. The van der Waals surface area contributed by atoms with Gasteiger partial charge in [-0.15, -0.1) is 0 Å². The molecule has 0 N–H and O–H groups in total. The van der Waals surface area contributed by atoms with E-state index in [2.05, 4.69) is 245 Å². The van der Waals surface area contributed by atoms with Gasteiger partial charge in [0.2, 0.25) is 0 Å². The Bertz CT molecular complexity index is 3290. The van der Waals surface area contributed by atoms with Gasteiger partial charge in [0.1, 0.15) is 0 Å². The molecule has 0 amide bonds. The maximum atomic E-state index is 9.78. The van der Waals surface area contributed by atoms with Gasteiger partial charge in [0.25, 0.3) is 0 Å². The van der Waals surface area contributed by atoms with Gasteiger partial charge < -0.3 is 0 Å². The van der Waals surface area contributed by atoms with Crippen LogP contribution in [0.25, 0.3) is 56.7 Å². The fourth-order valence-corrected chi connectivity index (χ4v) is 40.0. The summed E-state index contributed by atoms with van der Waals surface area (Å²) in [6, 6.07) is 62.1. The van der Waals surface area contributed by atoms with Crippen LogP contribution < -0.4 is 13.6 Å². The van der Waals surface area contributed by atoms with E-state index in [1.54, 1.807) is 0 Å². The van der Waals surface area contributed by atoms with Crippen molar-refractivity contribution < 1.29 is 16.4 Å². The van der Waals surface area contributed by atoms with E-state index in [0.29, 0.717) is 0 Å². The van der Waals surface area contributed by atoms with E-state index in [1.807, 2.05) is 0 Å². The van der Waals surface area contributed by atoms with Crippen molar-refractivity contribution in [2.45, 2.75) is 87.3 Å². The molecule has 0 bridgehead atoms. The average molecular weight is 1050 g/mol. The molecule has 70 heavy (non-hydrogen) atoms. The third kappa shape index (κ3) is 7.62. The number of hydrogen-bond donors (Lipinski definition) is 0. The quantitative estimate of drug-likeness (QED) is 0.140. The molecule has 349 valence electrons. The number of rotatable bonds is 7. The van der Waals surface area contributed by atoms with Crippen LogP contribution in [0.15, 0.2) is 164 Å². The van der Waals surface area contributed by atoms with Gasteiger partial charge in [0.05, 0.1) is 0 Å². The minimum atomic E-state index is -6.09. The SMILES string of the molecule is Cc1cc(C)cc(-c2c(C(C)(C)C)ccc3c2C=C(c2ccccc2)[CH]3[Zr]([Cl])([Cl])([c]2cccc3c2[SiH2]c2ccccc2-3)[CH]2C(c3ccccc3)=Cc3c2ccc(C(C)(C)C)c3-c2cc(C)cc(C)c2)c1. The third-order valence-corrected chi connectivity index (χ3v) is 38.2. The zero-order valence-corrected chi connectivity index (χ0v) is 47.7. The van der Waals surface area contributed by atoms with E-state index >= 15 is 0 Å². The van der Waals surface area contributed by atoms with Gasteiger partial charge in [-0.05, 0) is 0 Å². The first-order valence-electron chi connectivity index (χ1n) is 25.2. The van der Waals surface area contributed by atoms with Crippen LogP contribution >= 0.6 is 17.0 Å². The van der Waals surface area contributed by atoms with Crippen LogP contribution in [0.3, 0.4) is 0 Å². The van der Waals surface area contributed by atoms with Gasteiger partial charge in [-0.2, -0.15) is 0 Å². The molecular weight excluding hydrogens is 983 g/mol. The molecule has 11 rings (SSSR count). The first-order chi connectivity index (χ1) is 33.3. The van der Waals surface area contributed by atoms with Crippen LogP contribution in [0.2, 0.25) is 0 Å². The molecule has 0 nitrogen and oxygen atoms in total. The summed E-state index contributed by atoms with van der Waals surface area (Å²) < 4.78 is 0.616. The Balaban J connectivity index is 1.32. The summed E-state index contributed by atoms with van der Waals surface area (Å²) in [5, 5.41) is 2.88. The summed E-state index contributed by atoms with van der Waals surface area (Å²) in [7, 11) is 18.6. The topological polar surface area (TPSA) is 0 Å². The number of fused-ring (bicyclic) bond motifs is 5.